The van der Waals surface area contributed by atoms with Gasteiger partial charge >= 0.3 is 17.9 Å². The third kappa shape index (κ3) is 11.9. The highest BCUT2D eigenvalue weighted by Gasteiger charge is 2.48. The molecule has 0 aromatic carbocycles. The van der Waals surface area contributed by atoms with E-state index in [0.717, 1.165) is 19.4 Å². The Balaban J connectivity index is 2.94. The molecular weight excluding hydrogens is 454 g/mol. The lowest BCUT2D eigenvalue weighted by molar-refractivity contribution is -0.883. The topological polar surface area (TPSA) is 97.4 Å². The van der Waals surface area contributed by atoms with Crippen molar-refractivity contribution in [2.75, 3.05) is 40.4 Å². The number of carbonyl (C=O) groups excluding carboxylic acids is 3. The summed E-state index contributed by atoms with van der Waals surface area (Å²) in [5.41, 5.74) is 0. The fourth-order valence-electron chi connectivity index (χ4n) is 3.68. The summed E-state index contributed by atoms with van der Waals surface area (Å²) in [4.78, 5) is 37.0. The average molecular weight is 499 g/mol. The van der Waals surface area contributed by atoms with Crippen LogP contribution in [0.5, 0.6) is 0 Å². The molecule has 0 aromatic rings. The molecular formula is C26H44NO8+. The molecule has 1 aliphatic heterocycles. The minimum Gasteiger partial charge on any atom is -0.456 e. The standard InChI is InChI=1S/C26H44NO8/c1-7-13-21(28)33-20-19-32-26(31-18-12-11-17-27(5,6)16-10-4)25(35-23(30)15-9-3)24(20)34-22(29)14-8-2/h4,20,24-26H,7-9,11-19H2,1-3,5-6H3/q+1/t20-,24-,25-,26?/m1/s1. The molecule has 0 bridgehead atoms. The van der Waals surface area contributed by atoms with Gasteiger partial charge in [0.25, 0.3) is 0 Å². The van der Waals surface area contributed by atoms with Crippen LogP contribution in [0.2, 0.25) is 0 Å². The number of rotatable bonds is 16. The largest absolute Gasteiger partial charge is 0.456 e. The minimum atomic E-state index is -1.04. The minimum absolute atomic E-state index is 0.0297. The van der Waals surface area contributed by atoms with E-state index in [4.69, 9.17) is 30.1 Å². The number of esters is 3. The number of hydrogen-bond acceptors (Lipinski definition) is 8. The number of unbranched alkanes of at least 4 members (excludes halogenated alkanes) is 1. The zero-order valence-corrected chi connectivity index (χ0v) is 22.1. The van der Waals surface area contributed by atoms with Gasteiger partial charge in [0.15, 0.2) is 24.6 Å². The Hall–Kier alpha value is -2.15. The van der Waals surface area contributed by atoms with Crippen LogP contribution in [-0.2, 0) is 38.1 Å². The van der Waals surface area contributed by atoms with Crippen molar-refractivity contribution in [1.82, 2.24) is 0 Å². The molecule has 1 saturated heterocycles. The van der Waals surface area contributed by atoms with E-state index in [9.17, 15) is 14.4 Å². The second kappa shape index (κ2) is 16.5. The maximum absolute atomic E-state index is 12.4. The van der Waals surface area contributed by atoms with E-state index in [0.29, 0.717) is 36.9 Å². The van der Waals surface area contributed by atoms with Crippen LogP contribution in [0, 0.1) is 12.3 Å². The maximum atomic E-state index is 12.4. The molecule has 1 unspecified atom stereocenters. The predicted octanol–water partition coefficient (Wildman–Crippen LogP) is 2.98. The number of hydrogen-bond donors (Lipinski definition) is 0. The lowest BCUT2D eigenvalue weighted by atomic mass is 10.0. The van der Waals surface area contributed by atoms with Gasteiger partial charge in [0.05, 0.1) is 33.9 Å². The van der Waals surface area contributed by atoms with Gasteiger partial charge in [-0.3, -0.25) is 14.4 Å². The summed E-state index contributed by atoms with van der Waals surface area (Å²) in [7, 11) is 4.15. The van der Waals surface area contributed by atoms with Crippen molar-refractivity contribution in [3.63, 3.8) is 0 Å². The Kier molecular flexibility index (Phi) is 14.6. The first-order valence-electron chi connectivity index (χ1n) is 12.7. The third-order valence-electron chi connectivity index (χ3n) is 5.52. The van der Waals surface area contributed by atoms with Gasteiger partial charge in [-0.15, -0.1) is 6.42 Å². The van der Waals surface area contributed by atoms with E-state index >= 15 is 0 Å². The Morgan fingerprint density at radius 2 is 1.43 bits per heavy atom. The van der Waals surface area contributed by atoms with Crippen LogP contribution in [0.25, 0.3) is 0 Å². The molecule has 0 radical (unpaired) electrons. The molecule has 1 heterocycles. The summed E-state index contributed by atoms with van der Waals surface area (Å²) in [6.45, 7) is 7.45. The third-order valence-corrected chi connectivity index (χ3v) is 5.52. The number of nitrogens with zero attached hydrogens (tertiary/aromatic N) is 1. The van der Waals surface area contributed by atoms with Gasteiger partial charge in [-0.1, -0.05) is 20.8 Å². The highest BCUT2D eigenvalue weighted by molar-refractivity contribution is 5.71. The molecule has 0 amide bonds. The molecule has 9 nitrogen and oxygen atoms in total. The van der Waals surface area contributed by atoms with E-state index in [1.54, 1.807) is 0 Å². The lowest BCUT2D eigenvalue weighted by Gasteiger charge is -2.40. The van der Waals surface area contributed by atoms with Gasteiger partial charge in [-0.25, -0.2) is 0 Å². The van der Waals surface area contributed by atoms with E-state index in [-0.39, 0.29) is 25.9 Å². The van der Waals surface area contributed by atoms with E-state index in [2.05, 4.69) is 20.0 Å². The van der Waals surface area contributed by atoms with Crippen molar-refractivity contribution in [2.24, 2.45) is 0 Å². The first kappa shape index (κ1) is 30.9. The monoisotopic (exact) mass is 498 g/mol. The summed E-state index contributed by atoms with van der Waals surface area (Å²) in [6.07, 6.45) is 5.59. The normalized spacial score (nSPS) is 22.2. The summed E-state index contributed by atoms with van der Waals surface area (Å²) in [5, 5.41) is 0. The first-order chi connectivity index (χ1) is 16.7. The molecule has 1 aliphatic rings. The molecule has 200 valence electrons. The van der Waals surface area contributed by atoms with Crippen LogP contribution in [0.1, 0.15) is 72.1 Å². The van der Waals surface area contributed by atoms with Crippen molar-refractivity contribution in [1.29, 1.82) is 0 Å². The van der Waals surface area contributed by atoms with Crippen molar-refractivity contribution < 1.29 is 42.6 Å². The lowest BCUT2D eigenvalue weighted by Crippen LogP contribution is -2.58. The molecule has 0 saturated carbocycles. The highest BCUT2D eigenvalue weighted by Crippen LogP contribution is 2.26. The van der Waals surface area contributed by atoms with Crippen LogP contribution < -0.4 is 0 Å². The predicted molar refractivity (Wildman–Crippen MR) is 130 cm³/mol. The zero-order valence-electron chi connectivity index (χ0n) is 22.1. The Morgan fingerprint density at radius 3 is 1.97 bits per heavy atom. The van der Waals surface area contributed by atoms with Gasteiger partial charge in [0.2, 0.25) is 0 Å². The number of carbonyl (C=O) groups is 3. The number of terminal acetylenes is 1. The fraction of sp³-hybridized carbons (Fsp3) is 0.808. The second-order valence-corrected chi connectivity index (χ2v) is 9.49. The summed E-state index contributed by atoms with van der Waals surface area (Å²) >= 11 is 0. The summed E-state index contributed by atoms with van der Waals surface area (Å²) < 4.78 is 29.4. The molecule has 1 rings (SSSR count). The quantitative estimate of drug-likeness (QED) is 0.105. The molecule has 0 spiro atoms. The number of quaternary nitrogens is 1. The van der Waals surface area contributed by atoms with Crippen LogP contribution in [-0.4, -0.2) is 87.4 Å². The average Bonchev–Trinajstić information content (AvgIpc) is 2.77. The Bertz CT molecular complexity index is 702. The summed E-state index contributed by atoms with van der Waals surface area (Å²) in [5.74, 6) is 1.34. The first-order valence-corrected chi connectivity index (χ1v) is 12.7. The molecule has 0 aliphatic carbocycles. The van der Waals surface area contributed by atoms with Crippen LogP contribution >= 0.6 is 0 Å². The smallest absolute Gasteiger partial charge is 0.306 e. The van der Waals surface area contributed by atoms with Crippen molar-refractivity contribution in [2.45, 2.75) is 96.7 Å². The molecule has 9 heteroatoms. The Morgan fingerprint density at radius 1 is 0.886 bits per heavy atom. The van der Waals surface area contributed by atoms with E-state index < -0.39 is 42.5 Å². The van der Waals surface area contributed by atoms with Crippen LogP contribution in [0.3, 0.4) is 0 Å². The summed E-state index contributed by atoms with van der Waals surface area (Å²) in [6, 6.07) is 0. The second-order valence-electron chi connectivity index (χ2n) is 9.49. The fourth-order valence-corrected chi connectivity index (χ4v) is 3.68. The zero-order chi connectivity index (χ0) is 26.3. The van der Waals surface area contributed by atoms with E-state index in [1.807, 2.05) is 20.8 Å². The molecule has 35 heavy (non-hydrogen) atoms. The van der Waals surface area contributed by atoms with Crippen molar-refractivity contribution in [3.05, 3.63) is 0 Å². The van der Waals surface area contributed by atoms with E-state index in [1.165, 1.54) is 0 Å². The highest BCUT2D eigenvalue weighted by atomic mass is 16.7. The van der Waals surface area contributed by atoms with Gasteiger partial charge in [-0.2, -0.15) is 0 Å². The molecule has 0 N–H and O–H groups in total. The maximum Gasteiger partial charge on any atom is 0.306 e. The van der Waals surface area contributed by atoms with Crippen molar-refractivity contribution in [3.8, 4) is 12.3 Å². The van der Waals surface area contributed by atoms with Gasteiger partial charge in [0.1, 0.15) is 6.54 Å². The number of ether oxygens (including phenoxy) is 5. The SMILES string of the molecule is C#CC[N+](C)(C)CCCCOC1OC[C@@H](OC(=O)CCC)[C@@H](OC(=O)CCC)[C@H]1OC(=O)CCC. The van der Waals surface area contributed by atoms with Gasteiger partial charge in [0, 0.05) is 19.3 Å². The Labute approximate surface area is 210 Å². The molecule has 1 fully saturated rings. The van der Waals surface area contributed by atoms with Crippen LogP contribution in [0.4, 0.5) is 0 Å². The van der Waals surface area contributed by atoms with Gasteiger partial charge in [-0.05, 0) is 38.0 Å². The molecule has 0 aromatic heterocycles. The van der Waals surface area contributed by atoms with Crippen molar-refractivity contribution >= 4 is 17.9 Å². The molecule has 4 atom stereocenters. The van der Waals surface area contributed by atoms with Gasteiger partial charge < -0.3 is 28.2 Å². The van der Waals surface area contributed by atoms with Crippen LogP contribution in [0.15, 0.2) is 0 Å².